The van der Waals surface area contributed by atoms with Crippen LogP contribution < -0.4 is 15.4 Å². The van der Waals surface area contributed by atoms with E-state index in [1.165, 1.54) is 0 Å². The minimum absolute atomic E-state index is 0.533. The van der Waals surface area contributed by atoms with E-state index in [-0.39, 0.29) is 0 Å². The van der Waals surface area contributed by atoms with Gasteiger partial charge < -0.3 is 20.1 Å². The number of benzene rings is 2. The molecule has 2 N–H and O–H groups in total. The average Bonchev–Trinajstić information content (AvgIpc) is 2.69. The summed E-state index contributed by atoms with van der Waals surface area (Å²) in [7, 11) is 1.67. The molecule has 3 aromatic rings. The Labute approximate surface area is 153 Å². The van der Waals surface area contributed by atoms with Gasteiger partial charge in [0, 0.05) is 25.5 Å². The number of rotatable bonds is 9. The Bertz CT molecular complexity index is 794. The second-order valence-corrected chi connectivity index (χ2v) is 5.61. The molecule has 0 saturated carbocycles. The lowest BCUT2D eigenvalue weighted by molar-refractivity contribution is 0.210. The van der Waals surface area contributed by atoms with Gasteiger partial charge >= 0.3 is 0 Å². The van der Waals surface area contributed by atoms with Crippen molar-refractivity contribution in [2.24, 2.45) is 0 Å². The highest BCUT2D eigenvalue weighted by atomic mass is 16.5. The first kappa shape index (κ1) is 17.7. The first-order valence-electron chi connectivity index (χ1n) is 8.43. The van der Waals surface area contributed by atoms with Crippen molar-refractivity contribution in [2.75, 3.05) is 30.9 Å². The number of anilines is 3. The molecule has 6 nitrogen and oxygen atoms in total. The quantitative estimate of drug-likeness (QED) is 0.571. The van der Waals surface area contributed by atoms with Crippen LogP contribution in [0.1, 0.15) is 5.56 Å². The molecule has 0 spiro atoms. The highest BCUT2D eigenvalue weighted by Crippen LogP contribution is 2.19. The summed E-state index contributed by atoms with van der Waals surface area (Å²) < 4.78 is 10.8. The van der Waals surface area contributed by atoms with E-state index in [0.717, 1.165) is 22.8 Å². The molecule has 1 aromatic heterocycles. The van der Waals surface area contributed by atoms with Gasteiger partial charge in [-0.15, -0.1) is 0 Å². The number of hydrogen-bond acceptors (Lipinski definition) is 6. The number of aromatic nitrogens is 2. The van der Waals surface area contributed by atoms with Crippen molar-refractivity contribution >= 4 is 17.5 Å². The van der Waals surface area contributed by atoms with Gasteiger partial charge in [-0.2, -0.15) is 4.98 Å². The minimum Gasteiger partial charge on any atom is -0.489 e. The summed E-state index contributed by atoms with van der Waals surface area (Å²) in [4.78, 5) is 8.65. The number of nitrogens with one attached hydrogen (secondary N) is 2. The smallest absolute Gasteiger partial charge is 0.229 e. The molecular weight excluding hydrogens is 328 g/mol. The van der Waals surface area contributed by atoms with Crippen LogP contribution in [-0.4, -0.2) is 30.2 Å². The summed E-state index contributed by atoms with van der Waals surface area (Å²) in [6.07, 6.45) is 1.71. The van der Waals surface area contributed by atoms with Gasteiger partial charge in [0.15, 0.2) is 0 Å². The summed E-state index contributed by atoms with van der Waals surface area (Å²) in [6, 6.07) is 19.6. The normalized spacial score (nSPS) is 10.3. The molecule has 0 aliphatic rings. The number of methoxy groups -OCH3 is 1. The van der Waals surface area contributed by atoms with E-state index in [0.29, 0.717) is 25.7 Å². The van der Waals surface area contributed by atoms with Crippen molar-refractivity contribution in [3.05, 3.63) is 72.4 Å². The SMILES string of the molecule is COCCNc1ccnc(Nc2ccc(OCc3ccccc3)cc2)n1. The van der Waals surface area contributed by atoms with E-state index < -0.39 is 0 Å². The van der Waals surface area contributed by atoms with Crippen molar-refractivity contribution in [2.45, 2.75) is 6.61 Å². The molecule has 0 aliphatic carbocycles. The molecule has 2 aromatic carbocycles. The van der Waals surface area contributed by atoms with E-state index in [1.807, 2.05) is 60.7 Å². The lowest BCUT2D eigenvalue weighted by atomic mass is 10.2. The third kappa shape index (κ3) is 5.46. The summed E-state index contributed by atoms with van der Waals surface area (Å²) in [5.74, 6) is 2.10. The van der Waals surface area contributed by atoms with Crippen molar-refractivity contribution in [1.82, 2.24) is 9.97 Å². The molecule has 26 heavy (non-hydrogen) atoms. The summed E-state index contributed by atoms with van der Waals surface area (Å²) >= 11 is 0. The zero-order valence-electron chi connectivity index (χ0n) is 14.7. The molecule has 0 atom stereocenters. The zero-order valence-corrected chi connectivity index (χ0v) is 14.7. The molecule has 0 saturated heterocycles. The zero-order chi connectivity index (χ0) is 18.0. The second-order valence-electron chi connectivity index (χ2n) is 5.61. The predicted octanol–water partition coefficient (Wildman–Crippen LogP) is 3.86. The summed E-state index contributed by atoms with van der Waals surface area (Å²) in [5.41, 5.74) is 2.03. The van der Waals surface area contributed by atoms with E-state index >= 15 is 0 Å². The highest BCUT2D eigenvalue weighted by molar-refractivity contribution is 5.55. The van der Waals surface area contributed by atoms with Gasteiger partial charge in [0.2, 0.25) is 5.95 Å². The molecule has 0 bridgehead atoms. The lowest BCUT2D eigenvalue weighted by Gasteiger charge is -2.09. The topological polar surface area (TPSA) is 68.3 Å². The Morgan fingerprint density at radius 1 is 0.962 bits per heavy atom. The molecule has 3 rings (SSSR count). The minimum atomic E-state index is 0.533. The van der Waals surface area contributed by atoms with E-state index in [9.17, 15) is 0 Å². The van der Waals surface area contributed by atoms with Gasteiger partial charge in [0.1, 0.15) is 18.2 Å². The Morgan fingerprint density at radius 2 is 1.77 bits per heavy atom. The fourth-order valence-corrected chi connectivity index (χ4v) is 2.30. The molecule has 0 fully saturated rings. The van der Waals surface area contributed by atoms with Crippen LogP contribution in [0.4, 0.5) is 17.5 Å². The molecule has 0 aliphatic heterocycles. The summed E-state index contributed by atoms with van der Waals surface area (Å²) in [5, 5.41) is 6.36. The van der Waals surface area contributed by atoms with E-state index in [2.05, 4.69) is 20.6 Å². The maximum Gasteiger partial charge on any atom is 0.229 e. The van der Waals surface area contributed by atoms with Crippen LogP contribution in [0.5, 0.6) is 5.75 Å². The van der Waals surface area contributed by atoms with Crippen LogP contribution in [0, 0.1) is 0 Å². The van der Waals surface area contributed by atoms with Crippen molar-refractivity contribution in [1.29, 1.82) is 0 Å². The van der Waals surface area contributed by atoms with Crippen LogP contribution in [0.15, 0.2) is 66.9 Å². The maximum absolute atomic E-state index is 5.79. The number of ether oxygens (including phenoxy) is 2. The van der Waals surface area contributed by atoms with Crippen LogP contribution in [0.3, 0.4) is 0 Å². The first-order chi connectivity index (χ1) is 12.8. The fraction of sp³-hybridized carbons (Fsp3) is 0.200. The van der Waals surface area contributed by atoms with Crippen LogP contribution >= 0.6 is 0 Å². The van der Waals surface area contributed by atoms with Gasteiger partial charge in [0.25, 0.3) is 0 Å². The second kappa shape index (κ2) is 9.39. The van der Waals surface area contributed by atoms with Gasteiger partial charge in [0.05, 0.1) is 6.61 Å². The Balaban J connectivity index is 1.54. The van der Waals surface area contributed by atoms with E-state index in [1.54, 1.807) is 13.3 Å². The molecule has 6 heteroatoms. The van der Waals surface area contributed by atoms with Crippen molar-refractivity contribution in [3.63, 3.8) is 0 Å². The number of nitrogens with zero attached hydrogens (tertiary/aromatic N) is 2. The predicted molar refractivity (Wildman–Crippen MR) is 103 cm³/mol. The highest BCUT2D eigenvalue weighted by Gasteiger charge is 2.01. The monoisotopic (exact) mass is 350 g/mol. The number of hydrogen-bond donors (Lipinski definition) is 2. The third-order valence-electron chi connectivity index (χ3n) is 3.63. The Hall–Kier alpha value is -3.12. The molecule has 134 valence electrons. The molecule has 0 unspecified atom stereocenters. The Morgan fingerprint density at radius 3 is 2.54 bits per heavy atom. The standard InChI is InChI=1S/C20H22N4O2/c1-25-14-13-21-19-11-12-22-20(24-19)23-17-7-9-18(10-8-17)26-15-16-5-3-2-4-6-16/h2-12H,13-15H2,1H3,(H2,21,22,23,24). The van der Waals surface area contributed by atoms with Crippen molar-refractivity contribution < 1.29 is 9.47 Å². The Kier molecular flexibility index (Phi) is 6.39. The first-order valence-corrected chi connectivity index (χ1v) is 8.43. The van der Waals surface area contributed by atoms with Crippen LogP contribution in [0.25, 0.3) is 0 Å². The molecule has 0 amide bonds. The lowest BCUT2D eigenvalue weighted by Crippen LogP contribution is -2.09. The average molecular weight is 350 g/mol. The van der Waals surface area contributed by atoms with Gasteiger partial charge in [-0.3, -0.25) is 0 Å². The fourth-order valence-electron chi connectivity index (χ4n) is 2.30. The van der Waals surface area contributed by atoms with Gasteiger partial charge in [-0.1, -0.05) is 30.3 Å². The van der Waals surface area contributed by atoms with Crippen LogP contribution in [-0.2, 0) is 11.3 Å². The van der Waals surface area contributed by atoms with Crippen LogP contribution in [0.2, 0.25) is 0 Å². The van der Waals surface area contributed by atoms with E-state index in [4.69, 9.17) is 9.47 Å². The summed E-state index contributed by atoms with van der Waals surface area (Å²) in [6.45, 7) is 1.86. The third-order valence-corrected chi connectivity index (χ3v) is 3.63. The molecule has 0 radical (unpaired) electrons. The largest absolute Gasteiger partial charge is 0.489 e. The van der Waals surface area contributed by atoms with Crippen molar-refractivity contribution in [3.8, 4) is 5.75 Å². The van der Waals surface area contributed by atoms with Gasteiger partial charge in [-0.05, 0) is 35.9 Å². The van der Waals surface area contributed by atoms with Gasteiger partial charge in [-0.25, -0.2) is 4.98 Å². The maximum atomic E-state index is 5.79. The molecule has 1 heterocycles. The molecular formula is C20H22N4O2.